The smallest absolute Gasteiger partial charge is 0.325 e. The molecule has 116 valence electrons. The Balaban J connectivity index is 2.69. The lowest BCUT2D eigenvalue weighted by Crippen LogP contribution is -2.28. The molecular formula is C15H22N2O4. The van der Waals surface area contributed by atoms with Crippen molar-refractivity contribution in [2.45, 2.75) is 45.6 Å². The van der Waals surface area contributed by atoms with Crippen molar-refractivity contribution in [1.82, 2.24) is 4.98 Å². The van der Waals surface area contributed by atoms with Crippen LogP contribution in [0.2, 0.25) is 0 Å². The number of carboxylic acid groups (broad SMARTS) is 1. The first kappa shape index (κ1) is 16.9. The van der Waals surface area contributed by atoms with Gasteiger partial charge in [-0.15, -0.1) is 0 Å². The Hall–Kier alpha value is -2.11. The minimum atomic E-state index is -0.908. The van der Waals surface area contributed by atoms with E-state index < -0.39 is 17.5 Å². The van der Waals surface area contributed by atoms with Crippen LogP contribution >= 0.6 is 0 Å². The molecule has 0 aliphatic carbocycles. The van der Waals surface area contributed by atoms with E-state index in [1.165, 1.54) is 0 Å². The number of anilines is 1. The maximum atomic E-state index is 11.6. The Kier molecular flexibility index (Phi) is 5.69. The van der Waals surface area contributed by atoms with E-state index in [9.17, 15) is 9.59 Å². The zero-order valence-electron chi connectivity index (χ0n) is 12.8. The van der Waals surface area contributed by atoms with E-state index in [-0.39, 0.29) is 12.5 Å². The molecule has 6 nitrogen and oxygen atoms in total. The van der Waals surface area contributed by atoms with Crippen LogP contribution < -0.4 is 5.32 Å². The number of nitrogens with one attached hydrogen (secondary N) is 1. The first-order chi connectivity index (χ1) is 9.73. The van der Waals surface area contributed by atoms with Gasteiger partial charge in [0.1, 0.15) is 18.0 Å². The molecule has 1 atom stereocenters. The summed E-state index contributed by atoms with van der Waals surface area (Å²) >= 11 is 0. The fourth-order valence-electron chi connectivity index (χ4n) is 1.79. The van der Waals surface area contributed by atoms with Crippen molar-refractivity contribution in [1.29, 1.82) is 0 Å². The SMILES string of the molecule is CCC(C(=O)O)c1cccc(NCC(=O)OC(C)(C)C)n1. The number of pyridine rings is 1. The summed E-state index contributed by atoms with van der Waals surface area (Å²) in [6.45, 7) is 7.16. The minimum Gasteiger partial charge on any atom is -0.481 e. The number of aromatic nitrogens is 1. The van der Waals surface area contributed by atoms with Crippen LogP contribution in [0.4, 0.5) is 5.82 Å². The molecule has 0 aliphatic heterocycles. The third kappa shape index (κ3) is 5.81. The van der Waals surface area contributed by atoms with Gasteiger partial charge in [0, 0.05) is 0 Å². The van der Waals surface area contributed by atoms with Crippen LogP contribution in [0.1, 0.15) is 45.7 Å². The molecule has 1 rings (SSSR count). The molecule has 0 spiro atoms. The molecule has 1 heterocycles. The van der Waals surface area contributed by atoms with Crippen LogP contribution in [-0.2, 0) is 14.3 Å². The standard InChI is InChI=1S/C15H22N2O4/c1-5-10(14(19)20)11-7-6-8-12(17-11)16-9-13(18)21-15(2,3)4/h6-8,10H,5,9H2,1-4H3,(H,16,17)(H,19,20). The van der Waals surface area contributed by atoms with Gasteiger partial charge in [-0.2, -0.15) is 0 Å². The van der Waals surface area contributed by atoms with E-state index in [0.717, 1.165) is 0 Å². The summed E-state index contributed by atoms with van der Waals surface area (Å²) in [6.07, 6.45) is 0.456. The third-order valence-electron chi connectivity index (χ3n) is 2.67. The lowest BCUT2D eigenvalue weighted by Gasteiger charge is -2.19. The maximum Gasteiger partial charge on any atom is 0.325 e. The normalized spacial score (nSPS) is 12.6. The predicted molar refractivity (Wildman–Crippen MR) is 79.2 cm³/mol. The number of carboxylic acids is 1. The number of carbonyl (C=O) groups is 2. The molecule has 0 bridgehead atoms. The Labute approximate surface area is 124 Å². The van der Waals surface area contributed by atoms with Gasteiger partial charge in [0.15, 0.2) is 0 Å². The highest BCUT2D eigenvalue weighted by Gasteiger charge is 2.19. The molecule has 0 aliphatic rings. The number of hydrogen-bond donors (Lipinski definition) is 2. The van der Waals surface area contributed by atoms with Gasteiger partial charge in [-0.05, 0) is 39.3 Å². The highest BCUT2D eigenvalue weighted by Crippen LogP contribution is 2.19. The van der Waals surface area contributed by atoms with E-state index in [0.29, 0.717) is 17.9 Å². The maximum absolute atomic E-state index is 11.6. The molecule has 2 N–H and O–H groups in total. The van der Waals surface area contributed by atoms with Crippen molar-refractivity contribution in [3.8, 4) is 0 Å². The van der Waals surface area contributed by atoms with Gasteiger partial charge in [-0.25, -0.2) is 4.98 Å². The van der Waals surface area contributed by atoms with Gasteiger partial charge < -0.3 is 15.2 Å². The summed E-state index contributed by atoms with van der Waals surface area (Å²) in [5.74, 6) is -1.49. The molecular weight excluding hydrogens is 272 g/mol. The molecule has 1 aromatic heterocycles. The summed E-state index contributed by atoms with van der Waals surface area (Å²) < 4.78 is 5.17. The molecule has 1 unspecified atom stereocenters. The predicted octanol–water partition coefficient (Wildman–Crippen LogP) is 2.41. The van der Waals surface area contributed by atoms with Crippen molar-refractivity contribution >= 4 is 17.8 Å². The van der Waals surface area contributed by atoms with Crippen molar-refractivity contribution < 1.29 is 19.4 Å². The zero-order valence-corrected chi connectivity index (χ0v) is 12.8. The summed E-state index contributed by atoms with van der Waals surface area (Å²) in [6, 6.07) is 5.06. The molecule has 0 fully saturated rings. The fraction of sp³-hybridized carbons (Fsp3) is 0.533. The number of nitrogens with zero attached hydrogens (tertiary/aromatic N) is 1. The molecule has 0 amide bonds. The summed E-state index contributed by atoms with van der Waals surface area (Å²) in [5, 5.41) is 12.0. The second kappa shape index (κ2) is 7.06. The topological polar surface area (TPSA) is 88.5 Å². The highest BCUT2D eigenvalue weighted by molar-refractivity contribution is 5.76. The Morgan fingerprint density at radius 3 is 2.57 bits per heavy atom. The average Bonchev–Trinajstić information content (AvgIpc) is 2.35. The molecule has 21 heavy (non-hydrogen) atoms. The lowest BCUT2D eigenvalue weighted by atomic mass is 10.0. The summed E-state index contributed by atoms with van der Waals surface area (Å²) in [5.41, 5.74) is -0.0656. The lowest BCUT2D eigenvalue weighted by molar-refractivity contribution is -0.152. The van der Waals surface area contributed by atoms with Crippen LogP contribution in [0.5, 0.6) is 0 Å². The highest BCUT2D eigenvalue weighted by atomic mass is 16.6. The molecule has 0 aromatic carbocycles. The minimum absolute atomic E-state index is 0.0163. The first-order valence-electron chi connectivity index (χ1n) is 6.88. The Morgan fingerprint density at radius 1 is 1.38 bits per heavy atom. The van der Waals surface area contributed by atoms with Crippen molar-refractivity contribution in [3.05, 3.63) is 23.9 Å². The van der Waals surface area contributed by atoms with Gasteiger partial charge in [0.25, 0.3) is 0 Å². The van der Waals surface area contributed by atoms with E-state index >= 15 is 0 Å². The molecule has 0 saturated heterocycles. The Morgan fingerprint density at radius 2 is 2.05 bits per heavy atom. The van der Waals surface area contributed by atoms with E-state index in [1.807, 2.05) is 0 Å². The van der Waals surface area contributed by atoms with E-state index in [4.69, 9.17) is 9.84 Å². The monoisotopic (exact) mass is 294 g/mol. The van der Waals surface area contributed by atoms with Crippen LogP contribution in [0.3, 0.4) is 0 Å². The number of ether oxygens (including phenoxy) is 1. The molecule has 0 saturated carbocycles. The Bertz CT molecular complexity index is 509. The second-order valence-electron chi connectivity index (χ2n) is 5.69. The fourth-order valence-corrected chi connectivity index (χ4v) is 1.79. The summed E-state index contributed by atoms with van der Waals surface area (Å²) in [4.78, 5) is 27.0. The van der Waals surface area contributed by atoms with Gasteiger partial charge in [-0.1, -0.05) is 13.0 Å². The number of carbonyl (C=O) groups excluding carboxylic acids is 1. The third-order valence-corrected chi connectivity index (χ3v) is 2.67. The van der Waals surface area contributed by atoms with E-state index in [2.05, 4.69) is 10.3 Å². The number of hydrogen-bond acceptors (Lipinski definition) is 5. The van der Waals surface area contributed by atoms with Crippen molar-refractivity contribution in [2.75, 3.05) is 11.9 Å². The summed E-state index contributed by atoms with van der Waals surface area (Å²) in [7, 11) is 0. The van der Waals surface area contributed by atoms with Crippen LogP contribution in [0.25, 0.3) is 0 Å². The average molecular weight is 294 g/mol. The number of aliphatic carboxylic acids is 1. The zero-order chi connectivity index (χ0) is 16.0. The first-order valence-corrected chi connectivity index (χ1v) is 6.88. The van der Waals surface area contributed by atoms with Gasteiger partial charge in [-0.3, -0.25) is 9.59 Å². The molecule has 6 heteroatoms. The second-order valence-corrected chi connectivity index (χ2v) is 5.69. The molecule has 0 radical (unpaired) electrons. The van der Waals surface area contributed by atoms with Crippen molar-refractivity contribution in [2.24, 2.45) is 0 Å². The van der Waals surface area contributed by atoms with Crippen LogP contribution in [0, 0.1) is 0 Å². The quantitative estimate of drug-likeness (QED) is 0.783. The van der Waals surface area contributed by atoms with Gasteiger partial charge in [0.05, 0.1) is 11.6 Å². The van der Waals surface area contributed by atoms with Gasteiger partial charge >= 0.3 is 11.9 Å². The van der Waals surface area contributed by atoms with Crippen LogP contribution in [-0.4, -0.2) is 34.2 Å². The molecule has 1 aromatic rings. The number of esters is 1. The largest absolute Gasteiger partial charge is 0.481 e. The van der Waals surface area contributed by atoms with Crippen LogP contribution in [0.15, 0.2) is 18.2 Å². The van der Waals surface area contributed by atoms with Gasteiger partial charge in [0.2, 0.25) is 0 Å². The van der Waals surface area contributed by atoms with E-state index in [1.54, 1.807) is 45.9 Å². The number of rotatable bonds is 6. The van der Waals surface area contributed by atoms with Crippen molar-refractivity contribution in [3.63, 3.8) is 0 Å².